The van der Waals surface area contributed by atoms with Gasteiger partial charge < -0.3 is 20.4 Å². The first-order valence-electron chi connectivity index (χ1n) is 7.93. The molecule has 0 atom stereocenters. The molecule has 0 aliphatic heterocycles. The average Bonchev–Trinajstić information content (AvgIpc) is 2.50. The Morgan fingerprint density at radius 1 is 1.19 bits per heavy atom. The molecule has 1 fully saturated rings. The second-order valence-corrected chi connectivity index (χ2v) is 5.73. The van der Waals surface area contributed by atoms with Crippen LogP contribution in [0.2, 0.25) is 0 Å². The summed E-state index contributed by atoms with van der Waals surface area (Å²) in [5, 5.41) is 21.3. The highest BCUT2D eigenvalue weighted by molar-refractivity contribution is 5.86. The van der Waals surface area contributed by atoms with E-state index in [1.165, 1.54) is 6.42 Å². The fraction of sp³-hybridized carbons (Fsp3) is 0.867. The predicted molar refractivity (Wildman–Crippen MR) is 80.1 cm³/mol. The van der Waals surface area contributed by atoms with Crippen LogP contribution in [0.15, 0.2) is 0 Å². The number of hydrogen-bond acceptors (Lipinski definition) is 3. The number of carboxylic acids is 1. The second-order valence-electron chi connectivity index (χ2n) is 5.73. The summed E-state index contributed by atoms with van der Waals surface area (Å²) >= 11 is 0. The monoisotopic (exact) mass is 300 g/mol. The summed E-state index contributed by atoms with van der Waals surface area (Å²) in [5.41, 5.74) is -1.22. The van der Waals surface area contributed by atoms with E-state index < -0.39 is 11.5 Å². The summed E-state index contributed by atoms with van der Waals surface area (Å²) in [6, 6.07) is -0.270. The van der Waals surface area contributed by atoms with Crippen molar-refractivity contribution in [2.24, 2.45) is 0 Å². The lowest BCUT2D eigenvalue weighted by atomic mass is 9.92. The number of aliphatic hydroxyl groups excluding tert-OH is 1. The molecule has 0 spiro atoms. The maximum Gasteiger partial charge on any atom is 0.329 e. The zero-order valence-electron chi connectivity index (χ0n) is 13.1. The van der Waals surface area contributed by atoms with E-state index in [4.69, 9.17) is 0 Å². The lowest BCUT2D eigenvalue weighted by Crippen LogP contribution is -2.59. The summed E-state index contributed by atoms with van der Waals surface area (Å²) < 4.78 is 0. The average molecular weight is 300 g/mol. The first-order valence-corrected chi connectivity index (χ1v) is 7.93. The molecule has 0 unspecified atom stereocenters. The summed E-state index contributed by atoms with van der Waals surface area (Å²) in [6.07, 6.45) is 5.84. The molecular weight excluding hydrogens is 272 g/mol. The van der Waals surface area contributed by atoms with Crippen LogP contribution < -0.4 is 5.32 Å². The summed E-state index contributed by atoms with van der Waals surface area (Å²) in [5.74, 6) is -1.01. The maximum atomic E-state index is 12.5. The molecule has 1 rings (SSSR count). The van der Waals surface area contributed by atoms with E-state index in [-0.39, 0.29) is 25.2 Å². The molecule has 122 valence electrons. The van der Waals surface area contributed by atoms with Crippen LogP contribution in [0.4, 0.5) is 4.79 Å². The first kappa shape index (κ1) is 17.8. The molecule has 0 aromatic heterocycles. The Balaban J connectivity index is 2.82. The largest absolute Gasteiger partial charge is 0.480 e. The summed E-state index contributed by atoms with van der Waals surface area (Å²) in [7, 11) is 0. The van der Waals surface area contributed by atoms with Crippen molar-refractivity contribution in [2.45, 2.75) is 70.4 Å². The Bertz CT molecular complexity index is 350. The van der Waals surface area contributed by atoms with Gasteiger partial charge in [0, 0.05) is 12.6 Å². The van der Waals surface area contributed by atoms with Gasteiger partial charge in [0.15, 0.2) is 0 Å². The molecule has 2 amide bonds. The molecule has 1 aliphatic carbocycles. The quantitative estimate of drug-likeness (QED) is 0.670. The Labute approximate surface area is 126 Å². The molecule has 21 heavy (non-hydrogen) atoms. The third-order valence-corrected chi connectivity index (χ3v) is 4.58. The highest BCUT2D eigenvalue weighted by Gasteiger charge is 2.38. The van der Waals surface area contributed by atoms with Gasteiger partial charge in [-0.3, -0.25) is 0 Å². The molecule has 3 N–H and O–H groups in total. The van der Waals surface area contributed by atoms with Gasteiger partial charge in [-0.05, 0) is 25.7 Å². The SMILES string of the molecule is CCC(CC)(NC(=O)N(CCO)C1CCCCC1)C(=O)O. The summed E-state index contributed by atoms with van der Waals surface area (Å²) in [4.78, 5) is 25.6. The Kier molecular flexibility index (Phi) is 6.95. The number of nitrogens with one attached hydrogen (secondary N) is 1. The van der Waals surface area contributed by atoms with E-state index >= 15 is 0 Å². The van der Waals surface area contributed by atoms with Crippen LogP contribution in [-0.2, 0) is 4.79 Å². The molecule has 1 saturated carbocycles. The van der Waals surface area contributed by atoms with Crippen LogP contribution in [0.3, 0.4) is 0 Å². The van der Waals surface area contributed by atoms with Gasteiger partial charge in [0.05, 0.1) is 6.61 Å². The number of rotatable bonds is 7. The minimum Gasteiger partial charge on any atom is -0.480 e. The molecule has 0 bridgehead atoms. The van der Waals surface area contributed by atoms with E-state index in [0.717, 1.165) is 25.7 Å². The molecule has 0 saturated heterocycles. The Morgan fingerprint density at radius 3 is 2.19 bits per heavy atom. The number of amides is 2. The van der Waals surface area contributed by atoms with E-state index in [1.54, 1.807) is 18.7 Å². The maximum absolute atomic E-state index is 12.5. The summed E-state index contributed by atoms with van der Waals surface area (Å²) in [6.45, 7) is 3.66. The van der Waals surface area contributed by atoms with Crippen molar-refractivity contribution in [1.82, 2.24) is 10.2 Å². The standard InChI is InChI=1S/C15H28N2O4/c1-3-15(4-2,13(19)20)16-14(21)17(10-11-18)12-8-6-5-7-9-12/h12,18H,3-11H2,1-2H3,(H,16,21)(H,19,20). The second kappa shape index (κ2) is 8.22. The molecule has 1 aliphatic rings. The van der Waals surface area contributed by atoms with Crippen LogP contribution >= 0.6 is 0 Å². The van der Waals surface area contributed by atoms with Crippen molar-refractivity contribution < 1.29 is 19.8 Å². The van der Waals surface area contributed by atoms with Crippen molar-refractivity contribution in [3.05, 3.63) is 0 Å². The van der Waals surface area contributed by atoms with Gasteiger partial charge in [-0.2, -0.15) is 0 Å². The van der Waals surface area contributed by atoms with Crippen LogP contribution in [-0.4, -0.2) is 51.8 Å². The number of carbonyl (C=O) groups is 2. The number of urea groups is 1. The lowest BCUT2D eigenvalue weighted by Gasteiger charge is -2.37. The number of carboxylic acid groups (broad SMARTS) is 1. The number of carbonyl (C=O) groups excluding carboxylic acids is 1. The van der Waals surface area contributed by atoms with Gasteiger partial charge in [-0.15, -0.1) is 0 Å². The highest BCUT2D eigenvalue weighted by atomic mass is 16.4. The lowest BCUT2D eigenvalue weighted by molar-refractivity contribution is -0.144. The molecule has 0 aromatic carbocycles. The fourth-order valence-corrected chi connectivity index (χ4v) is 3.01. The van der Waals surface area contributed by atoms with Gasteiger partial charge >= 0.3 is 12.0 Å². The van der Waals surface area contributed by atoms with E-state index in [9.17, 15) is 19.8 Å². The third-order valence-electron chi connectivity index (χ3n) is 4.58. The van der Waals surface area contributed by atoms with Crippen molar-refractivity contribution in [3.8, 4) is 0 Å². The minimum atomic E-state index is -1.22. The number of aliphatic carboxylic acids is 1. The Morgan fingerprint density at radius 2 is 1.76 bits per heavy atom. The zero-order chi connectivity index (χ0) is 15.9. The van der Waals surface area contributed by atoms with E-state index in [2.05, 4.69) is 5.32 Å². The predicted octanol–water partition coefficient (Wildman–Crippen LogP) is 1.97. The van der Waals surface area contributed by atoms with Crippen molar-refractivity contribution in [2.75, 3.05) is 13.2 Å². The van der Waals surface area contributed by atoms with Gasteiger partial charge in [0.1, 0.15) is 5.54 Å². The van der Waals surface area contributed by atoms with E-state index in [1.807, 2.05) is 0 Å². The molecule has 6 heteroatoms. The molecule has 0 aromatic rings. The van der Waals surface area contributed by atoms with Crippen molar-refractivity contribution in [1.29, 1.82) is 0 Å². The zero-order valence-corrected chi connectivity index (χ0v) is 13.1. The van der Waals surface area contributed by atoms with Crippen LogP contribution in [0.1, 0.15) is 58.8 Å². The Hall–Kier alpha value is -1.30. The van der Waals surface area contributed by atoms with Crippen LogP contribution in [0, 0.1) is 0 Å². The third kappa shape index (κ3) is 4.33. The first-order chi connectivity index (χ1) is 10.0. The van der Waals surface area contributed by atoms with Gasteiger partial charge in [0.2, 0.25) is 0 Å². The van der Waals surface area contributed by atoms with Crippen LogP contribution in [0.25, 0.3) is 0 Å². The molecule has 6 nitrogen and oxygen atoms in total. The van der Waals surface area contributed by atoms with Gasteiger partial charge in [-0.1, -0.05) is 33.1 Å². The number of hydrogen-bond donors (Lipinski definition) is 3. The number of nitrogens with zero attached hydrogens (tertiary/aromatic N) is 1. The van der Waals surface area contributed by atoms with Crippen molar-refractivity contribution >= 4 is 12.0 Å². The minimum absolute atomic E-state index is 0.103. The smallest absolute Gasteiger partial charge is 0.329 e. The highest BCUT2D eigenvalue weighted by Crippen LogP contribution is 2.23. The molecular formula is C15H28N2O4. The van der Waals surface area contributed by atoms with Gasteiger partial charge in [-0.25, -0.2) is 9.59 Å². The van der Waals surface area contributed by atoms with Gasteiger partial charge in [0.25, 0.3) is 0 Å². The fourth-order valence-electron chi connectivity index (χ4n) is 3.01. The van der Waals surface area contributed by atoms with Crippen molar-refractivity contribution in [3.63, 3.8) is 0 Å². The number of aliphatic hydroxyl groups is 1. The molecule has 0 heterocycles. The normalized spacial score (nSPS) is 16.5. The van der Waals surface area contributed by atoms with E-state index in [0.29, 0.717) is 12.8 Å². The topological polar surface area (TPSA) is 89.9 Å². The molecule has 0 radical (unpaired) electrons. The van der Waals surface area contributed by atoms with Crippen LogP contribution in [0.5, 0.6) is 0 Å².